The normalized spacial score (nSPS) is 20.8. The monoisotopic (exact) mass is 425 g/mol. The van der Waals surface area contributed by atoms with Gasteiger partial charge in [-0.15, -0.1) is 0 Å². The summed E-state index contributed by atoms with van der Waals surface area (Å²) in [6.07, 6.45) is 4.63. The number of nitrogens with one attached hydrogen (secondary N) is 2. The number of hydrogen-bond acceptors (Lipinski definition) is 4. The van der Waals surface area contributed by atoms with Gasteiger partial charge in [0, 0.05) is 50.6 Å². The van der Waals surface area contributed by atoms with Gasteiger partial charge in [0.15, 0.2) is 11.6 Å². The number of carbonyl (C=O) groups excluding carboxylic acids is 2. The fraction of sp³-hybridized carbons (Fsp3) is 0.571. The van der Waals surface area contributed by atoms with Crippen LogP contribution in [0.4, 0.5) is 8.78 Å². The Balaban J connectivity index is 0.00000101. The summed E-state index contributed by atoms with van der Waals surface area (Å²) in [5.41, 5.74) is 0.146. The van der Waals surface area contributed by atoms with E-state index in [1.54, 1.807) is 0 Å². The molecule has 166 valence electrons. The number of halogens is 2. The van der Waals surface area contributed by atoms with Crippen LogP contribution in [0.15, 0.2) is 18.2 Å². The largest absolute Gasteiger partial charge is 0.483 e. The van der Waals surface area contributed by atoms with Gasteiger partial charge in [-0.05, 0) is 37.7 Å². The Kier molecular flexibility index (Phi) is 9.16. The third-order valence-corrected chi connectivity index (χ3v) is 5.45. The summed E-state index contributed by atoms with van der Waals surface area (Å²) >= 11 is 0. The molecule has 2 fully saturated rings. The summed E-state index contributed by atoms with van der Waals surface area (Å²) in [6, 6.07) is 4.34. The van der Waals surface area contributed by atoms with Gasteiger partial charge in [0.1, 0.15) is 0 Å². The van der Waals surface area contributed by atoms with Crippen LogP contribution in [0.1, 0.15) is 44.6 Å². The molecule has 0 aromatic heterocycles. The van der Waals surface area contributed by atoms with Gasteiger partial charge in [-0.25, -0.2) is 8.78 Å². The van der Waals surface area contributed by atoms with E-state index in [4.69, 9.17) is 9.90 Å². The molecule has 9 heteroatoms. The molecule has 0 radical (unpaired) electrons. The molecule has 2 amide bonds. The van der Waals surface area contributed by atoms with E-state index in [0.29, 0.717) is 18.9 Å². The van der Waals surface area contributed by atoms with Crippen molar-refractivity contribution in [2.45, 2.75) is 57.7 Å². The first-order valence-electron chi connectivity index (χ1n) is 10.1. The first-order chi connectivity index (χ1) is 14.3. The topological polar surface area (TPSA) is 98.7 Å². The van der Waals surface area contributed by atoms with Crippen LogP contribution in [0, 0.1) is 17.6 Å². The zero-order valence-electron chi connectivity index (χ0n) is 17.1. The van der Waals surface area contributed by atoms with Crippen molar-refractivity contribution in [3.05, 3.63) is 35.4 Å². The van der Waals surface area contributed by atoms with E-state index in [1.165, 1.54) is 31.9 Å². The standard InChI is InChI=1S/C20H27F2N3O2.CH2O2/c1-13(26)23-11-17-8-7-16(25(17)12-14-5-6-14)9-19(27)24-10-15-3-2-4-18(21)20(15)22;2-1-3/h2-4,14,16-17H,5-12H2,1H3,(H,23,26)(H,24,27);1H,(H,2,3)/t16-,17+;/m0./s1. The highest BCUT2D eigenvalue weighted by Crippen LogP contribution is 2.35. The molecule has 30 heavy (non-hydrogen) atoms. The average Bonchev–Trinajstić information content (AvgIpc) is 3.44. The van der Waals surface area contributed by atoms with Crippen molar-refractivity contribution < 1.29 is 28.3 Å². The molecule has 3 N–H and O–H groups in total. The zero-order chi connectivity index (χ0) is 22.1. The second-order valence-electron chi connectivity index (χ2n) is 7.76. The Hall–Kier alpha value is -2.55. The smallest absolute Gasteiger partial charge is 0.290 e. The molecule has 2 atom stereocenters. The average molecular weight is 425 g/mol. The van der Waals surface area contributed by atoms with Crippen molar-refractivity contribution in [2.24, 2.45) is 5.92 Å². The van der Waals surface area contributed by atoms with Crippen molar-refractivity contribution in [3.8, 4) is 0 Å². The van der Waals surface area contributed by atoms with Crippen LogP contribution in [0.3, 0.4) is 0 Å². The molecule has 2 aliphatic rings. The summed E-state index contributed by atoms with van der Waals surface area (Å²) in [7, 11) is 0. The van der Waals surface area contributed by atoms with Crippen LogP contribution in [-0.2, 0) is 20.9 Å². The van der Waals surface area contributed by atoms with Crippen LogP contribution in [0.5, 0.6) is 0 Å². The van der Waals surface area contributed by atoms with E-state index in [0.717, 1.165) is 25.5 Å². The third-order valence-electron chi connectivity index (χ3n) is 5.45. The highest BCUT2D eigenvalue weighted by molar-refractivity contribution is 5.76. The van der Waals surface area contributed by atoms with Gasteiger partial charge in [0.2, 0.25) is 11.8 Å². The minimum Gasteiger partial charge on any atom is -0.483 e. The lowest BCUT2D eigenvalue weighted by atomic mass is 10.1. The summed E-state index contributed by atoms with van der Waals surface area (Å²) in [6.45, 7) is 2.80. The second kappa shape index (κ2) is 11.6. The van der Waals surface area contributed by atoms with Gasteiger partial charge >= 0.3 is 0 Å². The summed E-state index contributed by atoms with van der Waals surface area (Å²) in [5, 5.41) is 12.5. The maximum atomic E-state index is 13.7. The molecule has 3 rings (SSSR count). The predicted octanol–water partition coefficient (Wildman–Crippen LogP) is 2.05. The minimum absolute atomic E-state index is 0.0207. The molecule has 1 heterocycles. The zero-order valence-corrected chi connectivity index (χ0v) is 17.1. The number of hydrogen-bond donors (Lipinski definition) is 3. The Morgan fingerprint density at radius 1 is 1.17 bits per heavy atom. The van der Waals surface area contributed by atoms with Gasteiger partial charge in [-0.2, -0.15) is 0 Å². The van der Waals surface area contributed by atoms with E-state index < -0.39 is 11.6 Å². The van der Waals surface area contributed by atoms with Crippen LogP contribution < -0.4 is 10.6 Å². The van der Waals surface area contributed by atoms with Gasteiger partial charge < -0.3 is 15.7 Å². The summed E-state index contributed by atoms with van der Waals surface area (Å²) in [5.74, 6) is -1.34. The van der Waals surface area contributed by atoms with Gasteiger partial charge in [0.25, 0.3) is 6.47 Å². The highest BCUT2D eigenvalue weighted by atomic mass is 19.2. The molecule has 1 saturated heterocycles. The molecule has 7 nitrogen and oxygen atoms in total. The Morgan fingerprint density at radius 3 is 2.47 bits per heavy atom. The van der Waals surface area contributed by atoms with E-state index in [-0.39, 0.29) is 42.5 Å². The van der Waals surface area contributed by atoms with E-state index >= 15 is 0 Å². The molecular formula is C21H29F2N3O4. The Morgan fingerprint density at radius 2 is 1.83 bits per heavy atom. The molecule has 1 saturated carbocycles. The molecule has 1 aromatic rings. The lowest BCUT2D eigenvalue weighted by molar-refractivity contribution is -0.123. The highest BCUT2D eigenvalue weighted by Gasteiger charge is 2.37. The van der Waals surface area contributed by atoms with Crippen molar-refractivity contribution in [2.75, 3.05) is 13.1 Å². The van der Waals surface area contributed by atoms with Gasteiger partial charge in [0.05, 0.1) is 0 Å². The van der Waals surface area contributed by atoms with Gasteiger partial charge in [-0.3, -0.25) is 19.3 Å². The van der Waals surface area contributed by atoms with Crippen molar-refractivity contribution >= 4 is 18.3 Å². The first-order valence-corrected chi connectivity index (χ1v) is 10.1. The SMILES string of the molecule is CC(=O)NC[C@H]1CC[C@@H](CC(=O)NCc2cccc(F)c2F)N1CC1CC1.O=CO. The van der Waals surface area contributed by atoms with E-state index in [2.05, 4.69) is 15.5 Å². The Labute approximate surface area is 174 Å². The number of nitrogens with zero attached hydrogens (tertiary/aromatic N) is 1. The number of carboxylic acid groups (broad SMARTS) is 1. The van der Waals surface area contributed by atoms with Crippen LogP contribution >= 0.6 is 0 Å². The maximum absolute atomic E-state index is 13.7. The fourth-order valence-corrected chi connectivity index (χ4v) is 3.78. The fourth-order valence-electron chi connectivity index (χ4n) is 3.78. The third kappa shape index (κ3) is 7.37. The number of rotatable bonds is 8. The van der Waals surface area contributed by atoms with Crippen molar-refractivity contribution in [1.82, 2.24) is 15.5 Å². The molecule has 0 unspecified atom stereocenters. The molecule has 1 aromatic carbocycles. The molecule has 0 bridgehead atoms. The van der Waals surface area contributed by atoms with Crippen LogP contribution in [0.2, 0.25) is 0 Å². The number of likely N-dealkylation sites (tertiary alicyclic amines) is 1. The number of amides is 2. The number of benzene rings is 1. The molecule has 0 spiro atoms. The number of carbonyl (C=O) groups is 3. The lowest BCUT2D eigenvalue weighted by Crippen LogP contribution is -2.45. The van der Waals surface area contributed by atoms with Crippen molar-refractivity contribution in [1.29, 1.82) is 0 Å². The minimum atomic E-state index is -0.913. The molecular weight excluding hydrogens is 396 g/mol. The Bertz CT molecular complexity index is 743. The van der Waals surface area contributed by atoms with Gasteiger partial charge in [-0.1, -0.05) is 12.1 Å². The second-order valence-corrected chi connectivity index (χ2v) is 7.76. The maximum Gasteiger partial charge on any atom is 0.290 e. The first kappa shape index (κ1) is 23.7. The summed E-state index contributed by atoms with van der Waals surface area (Å²) < 4.78 is 27.0. The van der Waals surface area contributed by atoms with Crippen molar-refractivity contribution in [3.63, 3.8) is 0 Å². The van der Waals surface area contributed by atoms with Crippen LogP contribution in [0.25, 0.3) is 0 Å². The lowest BCUT2D eigenvalue weighted by Gasteiger charge is -2.30. The molecule has 1 aliphatic heterocycles. The van der Waals surface area contributed by atoms with E-state index in [1.807, 2.05) is 0 Å². The quantitative estimate of drug-likeness (QED) is 0.554. The predicted molar refractivity (Wildman–Crippen MR) is 106 cm³/mol. The molecule has 1 aliphatic carbocycles. The van der Waals surface area contributed by atoms with Crippen LogP contribution in [-0.4, -0.2) is 53.5 Å². The van der Waals surface area contributed by atoms with E-state index in [9.17, 15) is 18.4 Å². The summed E-state index contributed by atoms with van der Waals surface area (Å²) in [4.78, 5) is 34.3.